The number of anilines is 3. The van der Waals surface area contributed by atoms with E-state index in [0.29, 0.717) is 6.67 Å². The number of carbonyl (C=O) groups excluding carboxylic acids is 1. The summed E-state index contributed by atoms with van der Waals surface area (Å²) in [6.07, 6.45) is 3.11. The third kappa shape index (κ3) is 3.09. The predicted octanol–water partition coefficient (Wildman–Crippen LogP) is 4.28. The molecule has 0 saturated carbocycles. The third-order valence-electron chi connectivity index (χ3n) is 4.07. The van der Waals surface area contributed by atoms with Gasteiger partial charge < -0.3 is 10.3 Å². The van der Waals surface area contributed by atoms with Crippen molar-refractivity contribution in [2.24, 2.45) is 4.99 Å². The maximum absolute atomic E-state index is 11.5. The van der Waals surface area contributed by atoms with Gasteiger partial charge in [-0.2, -0.15) is 0 Å². The number of nitrogens with one attached hydrogen (secondary N) is 3. The lowest BCUT2D eigenvalue weighted by atomic mass is 10.1. The number of fused-ring (bicyclic) bond motifs is 3. The Kier molecular flexibility index (Phi) is 4.22. The number of hydrogen-bond acceptors (Lipinski definition) is 4. The Bertz CT molecular complexity index is 1040. The Morgan fingerprint density at radius 1 is 1.27 bits per heavy atom. The van der Waals surface area contributed by atoms with E-state index in [2.05, 4.69) is 43.2 Å². The maximum atomic E-state index is 11.5. The first-order valence-electron chi connectivity index (χ1n) is 8.03. The maximum Gasteiger partial charge on any atom is 0.247 e. The van der Waals surface area contributed by atoms with Crippen LogP contribution in [-0.2, 0) is 4.79 Å². The lowest BCUT2D eigenvalue weighted by Gasteiger charge is -2.26. The molecular formula is C19H16BrN5O. The summed E-state index contributed by atoms with van der Waals surface area (Å²) in [6, 6.07) is 13.7. The molecule has 0 saturated heterocycles. The summed E-state index contributed by atoms with van der Waals surface area (Å²) in [5.41, 5.74) is 6.99. The SMILES string of the molecule is C=CC(=O)Nc1ccc2[nH]c3c(c2c1)C=NCN3Nc1cccc(Br)c1. The van der Waals surface area contributed by atoms with E-state index in [0.717, 1.165) is 38.1 Å². The molecule has 0 aliphatic carbocycles. The summed E-state index contributed by atoms with van der Waals surface area (Å²) in [4.78, 5) is 19.4. The van der Waals surface area contributed by atoms with Crippen LogP contribution >= 0.6 is 15.9 Å². The quantitative estimate of drug-likeness (QED) is 0.563. The van der Waals surface area contributed by atoms with Gasteiger partial charge in [-0.05, 0) is 42.5 Å². The molecule has 0 spiro atoms. The van der Waals surface area contributed by atoms with E-state index in [1.165, 1.54) is 6.08 Å². The highest BCUT2D eigenvalue weighted by Gasteiger charge is 2.20. The van der Waals surface area contributed by atoms with Crippen LogP contribution in [0.2, 0.25) is 0 Å². The molecule has 0 unspecified atom stereocenters. The van der Waals surface area contributed by atoms with Crippen LogP contribution in [-0.4, -0.2) is 23.8 Å². The molecular weight excluding hydrogens is 394 g/mol. The van der Waals surface area contributed by atoms with Crippen molar-refractivity contribution in [2.45, 2.75) is 0 Å². The first-order valence-corrected chi connectivity index (χ1v) is 8.82. The number of H-pyrrole nitrogens is 1. The number of aromatic amines is 1. The largest absolute Gasteiger partial charge is 0.339 e. The summed E-state index contributed by atoms with van der Waals surface area (Å²) in [6.45, 7) is 3.97. The van der Waals surface area contributed by atoms with Gasteiger partial charge in [0.15, 0.2) is 0 Å². The zero-order chi connectivity index (χ0) is 18.1. The first kappa shape index (κ1) is 16.4. The number of amides is 1. The number of hydrogen-bond donors (Lipinski definition) is 3. The van der Waals surface area contributed by atoms with Crippen molar-refractivity contribution in [2.75, 3.05) is 22.4 Å². The van der Waals surface area contributed by atoms with Gasteiger partial charge >= 0.3 is 0 Å². The highest BCUT2D eigenvalue weighted by molar-refractivity contribution is 9.10. The molecule has 0 fully saturated rings. The van der Waals surface area contributed by atoms with Crippen LogP contribution in [0.5, 0.6) is 0 Å². The van der Waals surface area contributed by atoms with Crippen molar-refractivity contribution in [1.82, 2.24) is 4.98 Å². The van der Waals surface area contributed by atoms with Gasteiger partial charge in [0.25, 0.3) is 0 Å². The number of rotatable bonds is 4. The van der Waals surface area contributed by atoms with E-state index in [9.17, 15) is 4.79 Å². The van der Waals surface area contributed by atoms with Gasteiger partial charge in [0.1, 0.15) is 12.5 Å². The number of aromatic nitrogens is 1. The molecule has 2 aromatic carbocycles. The number of carbonyl (C=O) groups is 1. The highest BCUT2D eigenvalue weighted by atomic mass is 79.9. The van der Waals surface area contributed by atoms with E-state index >= 15 is 0 Å². The molecule has 3 N–H and O–H groups in total. The van der Waals surface area contributed by atoms with Gasteiger partial charge in [-0.1, -0.05) is 28.6 Å². The fraction of sp³-hybridized carbons (Fsp3) is 0.0526. The molecule has 1 aliphatic rings. The zero-order valence-corrected chi connectivity index (χ0v) is 15.4. The molecule has 0 atom stereocenters. The van der Waals surface area contributed by atoms with Crippen LogP contribution in [0.3, 0.4) is 0 Å². The van der Waals surface area contributed by atoms with Crippen molar-refractivity contribution in [1.29, 1.82) is 0 Å². The fourth-order valence-corrected chi connectivity index (χ4v) is 3.30. The van der Waals surface area contributed by atoms with Crippen LogP contribution in [0.1, 0.15) is 5.56 Å². The van der Waals surface area contributed by atoms with Crippen molar-refractivity contribution in [3.8, 4) is 0 Å². The van der Waals surface area contributed by atoms with Crippen LogP contribution in [0.25, 0.3) is 10.9 Å². The van der Waals surface area contributed by atoms with Gasteiger partial charge in [0.2, 0.25) is 5.91 Å². The Labute approximate surface area is 158 Å². The molecule has 1 amide bonds. The van der Waals surface area contributed by atoms with E-state index in [1.54, 1.807) is 0 Å². The average Bonchev–Trinajstić information content (AvgIpc) is 3.01. The first-order chi connectivity index (χ1) is 12.6. The van der Waals surface area contributed by atoms with Gasteiger partial charge in [-0.3, -0.25) is 15.2 Å². The van der Waals surface area contributed by atoms with Gasteiger partial charge in [-0.15, -0.1) is 0 Å². The Morgan fingerprint density at radius 3 is 2.96 bits per heavy atom. The number of hydrazine groups is 1. The molecule has 3 aromatic rings. The summed E-state index contributed by atoms with van der Waals surface area (Å²) in [5, 5.41) is 5.74. The summed E-state index contributed by atoms with van der Waals surface area (Å²) >= 11 is 3.48. The van der Waals surface area contributed by atoms with Gasteiger partial charge in [0, 0.05) is 32.8 Å². The summed E-state index contributed by atoms with van der Waals surface area (Å²) in [5.74, 6) is 0.697. The van der Waals surface area contributed by atoms with E-state index in [1.807, 2.05) is 53.7 Å². The Hall–Kier alpha value is -3.06. The number of halogens is 1. The molecule has 1 aromatic heterocycles. The van der Waals surface area contributed by atoms with E-state index in [-0.39, 0.29) is 5.91 Å². The molecule has 130 valence electrons. The summed E-state index contributed by atoms with van der Waals surface area (Å²) < 4.78 is 1.00. The normalized spacial score (nSPS) is 12.7. The molecule has 7 heteroatoms. The van der Waals surface area contributed by atoms with Crippen LogP contribution < -0.4 is 15.8 Å². The van der Waals surface area contributed by atoms with E-state index in [4.69, 9.17) is 0 Å². The molecule has 0 bridgehead atoms. The minimum atomic E-state index is -0.236. The average molecular weight is 410 g/mol. The van der Waals surface area contributed by atoms with Crippen LogP contribution in [0, 0.1) is 0 Å². The molecule has 2 heterocycles. The molecule has 0 radical (unpaired) electrons. The number of nitrogens with zero attached hydrogens (tertiary/aromatic N) is 2. The third-order valence-corrected chi connectivity index (χ3v) is 4.57. The van der Waals surface area contributed by atoms with Gasteiger partial charge in [-0.25, -0.2) is 5.01 Å². The molecule has 4 rings (SSSR count). The van der Waals surface area contributed by atoms with E-state index < -0.39 is 0 Å². The minimum Gasteiger partial charge on any atom is -0.339 e. The lowest BCUT2D eigenvalue weighted by Crippen LogP contribution is -2.33. The minimum absolute atomic E-state index is 0.236. The Balaban J connectivity index is 1.70. The molecule has 6 nitrogen and oxygen atoms in total. The number of aliphatic imine (C=N–C) groups is 1. The second-order valence-electron chi connectivity index (χ2n) is 5.84. The lowest BCUT2D eigenvalue weighted by molar-refractivity contribution is -0.111. The highest BCUT2D eigenvalue weighted by Crippen LogP contribution is 2.32. The Morgan fingerprint density at radius 2 is 2.15 bits per heavy atom. The smallest absolute Gasteiger partial charge is 0.247 e. The van der Waals surface area contributed by atoms with Crippen LogP contribution in [0.4, 0.5) is 17.2 Å². The van der Waals surface area contributed by atoms with Crippen molar-refractivity contribution in [3.05, 3.63) is 65.2 Å². The monoisotopic (exact) mass is 409 g/mol. The second-order valence-corrected chi connectivity index (χ2v) is 6.76. The fourth-order valence-electron chi connectivity index (χ4n) is 2.90. The number of benzene rings is 2. The molecule has 1 aliphatic heterocycles. The topological polar surface area (TPSA) is 72.5 Å². The molecule has 26 heavy (non-hydrogen) atoms. The van der Waals surface area contributed by atoms with Gasteiger partial charge in [0.05, 0.1) is 5.69 Å². The standard InChI is InChI=1S/C19H16BrN5O/c1-2-18(26)22-13-6-7-17-15(9-13)16-10-21-11-25(19(16)23-17)24-14-5-3-4-12(20)8-14/h2-10,23-24H,1,11H2,(H,22,26). The van der Waals surface area contributed by atoms with Crippen LogP contribution in [0.15, 0.2) is 64.6 Å². The van der Waals surface area contributed by atoms with Crippen molar-refractivity contribution < 1.29 is 4.79 Å². The van der Waals surface area contributed by atoms with Crippen molar-refractivity contribution in [3.63, 3.8) is 0 Å². The predicted molar refractivity (Wildman–Crippen MR) is 110 cm³/mol. The van der Waals surface area contributed by atoms with Crippen molar-refractivity contribution >= 4 is 56.1 Å². The summed E-state index contributed by atoms with van der Waals surface area (Å²) in [7, 11) is 0. The second kappa shape index (κ2) is 6.68. The zero-order valence-electron chi connectivity index (χ0n) is 13.8.